The summed E-state index contributed by atoms with van der Waals surface area (Å²) in [6.45, 7) is -0.406. The fourth-order valence-electron chi connectivity index (χ4n) is 3.12. The number of aliphatic hydroxyl groups is 1. The molecule has 0 aliphatic rings. The minimum absolute atomic E-state index is 0.0439. The summed E-state index contributed by atoms with van der Waals surface area (Å²) in [4.78, 5) is 18.9. The molecule has 4 rings (SSSR count). The Kier molecular flexibility index (Phi) is 7.76. The summed E-state index contributed by atoms with van der Waals surface area (Å²) >= 11 is 5.42. The van der Waals surface area contributed by atoms with Gasteiger partial charge in [-0.25, -0.2) is 0 Å². The van der Waals surface area contributed by atoms with Gasteiger partial charge in [-0.1, -0.05) is 42.5 Å². The maximum absolute atomic E-state index is 12.3. The Balaban J connectivity index is 1.47. The quantitative estimate of drug-likeness (QED) is 0.226. The molecule has 2 heterocycles. The van der Waals surface area contributed by atoms with Gasteiger partial charge in [0.1, 0.15) is 12.7 Å². The van der Waals surface area contributed by atoms with Gasteiger partial charge in [0.15, 0.2) is 16.5 Å². The molecule has 0 spiro atoms. The second-order valence-electron chi connectivity index (χ2n) is 7.20. The van der Waals surface area contributed by atoms with Crippen molar-refractivity contribution in [3.8, 4) is 23.2 Å². The van der Waals surface area contributed by atoms with Gasteiger partial charge in [0.05, 0.1) is 23.7 Å². The van der Waals surface area contributed by atoms with Crippen molar-refractivity contribution < 1.29 is 9.84 Å². The molecular weight excluding hydrogens is 480 g/mol. The monoisotopic (exact) mass is 500 g/mol. The van der Waals surface area contributed by atoms with Gasteiger partial charge in [-0.15, -0.1) is 10.2 Å². The van der Waals surface area contributed by atoms with E-state index in [0.29, 0.717) is 17.2 Å². The number of ether oxygens (including phenoxy) is 1. The predicted octanol–water partition coefficient (Wildman–Crippen LogP) is 3.02. The van der Waals surface area contributed by atoms with E-state index in [-0.39, 0.29) is 35.7 Å². The highest BCUT2D eigenvalue weighted by molar-refractivity contribution is 7.80. The van der Waals surface area contributed by atoms with Crippen molar-refractivity contribution in [2.75, 3.05) is 29.2 Å². The number of aliphatic hydroxyl groups excluding tert-OH is 1. The summed E-state index contributed by atoms with van der Waals surface area (Å²) in [6, 6.07) is 22.1. The van der Waals surface area contributed by atoms with Crippen molar-refractivity contribution in [3.05, 3.63) is 82.6 Å². The van der Waals surface area contributed by atoms with Crippen molar-refractivity contribution in [2.45, 2.75) is 0 Å². The van der Waals surface area contributed by atoms with Crippen LogP contribution in [0.4, 0.5) is 23.1 Å². The van der Waals surface area contributed by atoms with Gasteiger partial charge in [-0.3, -0.25) is 9.78 Å². The molecule has 4 aromatic rings. The minimum Gasteiger partial charge on any atom is -0.474 e. The summed E-state index contributed by atoms with van der Waals surface area (Å²) in [7, 11) is 0. The van der Waals surface area contributed by atoms with Crippen LogP contribution in [-0.2, 0) is 0 Å². The number of rotatable bonds is 8. The molecule has 0 saturated heterocycles. The van der Waals surface area contributed by atoms with Crippen molar-refractivity contribution in [3.63, 3.8) is 0 Å². The van der Waals surface area contributed by atoms with Crippen LogP contribution in [0.3, 0.4) is 0 Å². The van der Waals surface area contributed by atoms with E-state index in [1.807, 2.05) is 36.4 Å². The SMILES string of the molecule is N#Cc1c(OCCO)nc(Nc2ccccc2NC(=S)Nc2ccc(-c3ccccc3)nn2)[nH]c1=O. The van der Waals surface area contributed by atoms with E-state index < -0.39 is 5.56 Å². The second kappa shape index (κ2) is 11.5. The third-order valence-corrected chi connectivity index (χ3v) is 4.94. The average Bonchev–Trinajstić information content (AvgIpc) is 2.89. The first kappa shape index (κ1) is 24.3. The molecule has 0 bridgehead atoms. The number of anilines is 4. The smallest absolute Gasteiger partial charge is 0.274 e. The number of nitrogens with one attached hydrogen (secondary N) is 4. The molecule has 180 valence electrons. The fraction of sp³-hybridized carbons (Fsp3) is 0.0833. The van der Waals surface area contributed by atoms with Gasteiger partial charge in [0, 0.05) is 5.56 Å². The normalized spacial score (nSPS) is 10.2. The van der Waals surface area contributed by atoms with Crippen molar-refractivity contribution in [2.24, 2.45) is 0 Å². The molecule has 36 heavy (non-hydrogen) atoms. The van der Waals surface area contributed by atoms with Gasteiger partial charge in [0.2, 0.25) is 11.8 Å². The lowest BCUT2D eigenvalue weighted by molar-refractivity contribution is 0.196. The molecule has 0 amide bonds. The third kappa shape index (κ3) is 5.98. The zero-order chi connectivity index (χ0) is 25.3. The van der Waals surface area contributed by atoms with Gasteiger partial charge >= 0.3 is 0 Å². The second-order valence-corrected chi connectivity index (χ2v) is 7.61. The molecule has 0 aliphatic carbocycles. The van der Waals surface area contributed by atoms with Crippen LogP contribution in [0.5, 0.6) is 5.88 Å². The Morgan fingerprint density at radius 2 is 1.78 bits per heavy atom. The van der Waals surface area contributed by atoms with Crippen LogP contribution in [-0.4, -0.2) is 43.6 Å². The van der Waals surface area contributed by atoms with E-state index in [1.165, 1.54) is 0 Å². The summed E-state index contributed by atoms with van der Waals surface area (Å²) in [5, 5.41) is 35.9. The predicted molar refractivity (Wildman–Crippen MR) is 139 cm³/mol. The van der Waals surface area contributed by atoms with Gasteiger partial charge in [-0.05, 0) is 36.5 Å². The number of benzene rings is 2. The number of para-hydroxylation sites is 2. The van der Waals surface area contributed by atoms with Crippen molar-refractivity contribution in [1.29, 1.82) is 5.26 Å². The number of H-pyrrole nitrogens is 1. The number of hydrogen-bond donors (Lipinski definition) is 5. The molecule has 0 unspecified atom stereocenters. The van der Waals surface area contributed by atoms with Crippen LogP contribution in [0, 0.1) is 11.3 Å². The molecule has 0 radical (unpaired) electrons. The Morgan fingerprint density at radius 3 is 2.47 bits per heavy atom. The number of aromatic amines is 1. The van der Waals surface area contributed by atoms with E-state index in [1.54, 1.807) is 36.4 Å². The van der Waals surface area contributed by atoms with E-state index in [0.717, 1.165) is 11.3 Å². The Hall–Kier alpha value is -4.86. The standard InChI is InChI=1S/C24H20N8O3S/c25-14-16-21(34)29-23(30-22(16)35-13-12-33)26-18-8-4-5-9-19(18)27-24(36)28-20-11-10-17(31-32-20)15-6-2-1-3-7-15/h1-11,33H,12-13H2,(H2,26,29,30,34)(H2,27,28,32,36). The van der Waals surface area contributed by atoms with Crippen LogP contribution >= 0.6 is 12.2 Å². The Morgan fingerprint density at radius 1 is 1.03 bits per heavy atom. The van der Waals surface area contributed by atoms with E-state index >= 15 is 0 Å². The first-order valence-electron chi connectivity index (χ1n) is 10.7. The molecule has 11 nitrogen and oxygen atoms in total. The molecule has 2 aromatic heterocycles. The molecule has 5 N–H and O–H groups in total. The summed E-state index contributed by atoms with van der Waals surface area (Å²) in [5.41, 5.74) is 1.84. The highest BCUT2D eigenvalue weighted by atomic mass is 32.1. The van der Waals surface area contributed by atoms with E-state index in [2.05, 4.69) is 36.1 Å². The molecule has 0 saturated carbocycles. The Labute approximate surface area is 210 Å². The molecule has 0 fully saturated rings. The minimum atomic E-state index is -0.678. The third-order valence-electron chi connectivity index (χ3n) is 4.73. The fourth-order valence-corrected chi connectivity index (χ4v) is 3.33. The van der Waals surface area contributed by atoms with E-state index in [9.17, 15) is 10.1 Å². The first-order chi connectivity index (χ1) is 17.6. The molecule has 0 aliphatic heterocycles. The maximum atomic E-state index is 12.3. The molecular formula is C24H20N8O3S. The molecule has 2 aromatic carbocycles. The topological polar surface area (TPSA) is 161 Å². The lowest BCUT2D eigenvalue weighted by atomic mass is 10.1. The summed E-state index contributed by atoms with van der Waals surface area (Å²) < 4.78 is 5.23. The maximum Gasteiger partial charge on any atom is 0.274 e. The number of aromatic nitrogens is 4. The number of thiocarbonyl (C=S) groups is 1. The number of nitriles is 1. The van der Waals surface area contributed by atoms with Gasteiger partial charge in [0.25, 0.3) is 5.56 Å². The largest absolute Gasteiger partial charge is 0.474 e. The zero-order valence-electron chi connectivity index (χ0n) is 18.7. The van der Waals surface area contributed by atoms with Crippen LogP contribution in [0.2, 0.25) is 0 Å². The summed E-state index contributed by atoms with van der Waals surface area (Å²) in [6.07, 6.45) is 0. The lowest BCUT2D eigenvalue weighted by Gasteiger charge is -2.15. The zero-order valence-corrected chi connectivity index (χ0v) is 19.5. The average molecular weight is 501 g/mol. The highest BCUT2D eigenvalue weighted by Crippen LogP contribution is 2.25. The van der Waals surface area contributed by atoms with E-state index in [4.69, 9.17) is 22.1 Å². The summed E-state index contributed by atoms with van der Waals surface area (Å²) in [5.74, 6) is 0.321. The van der Waals surface area contributed by atoms with Crippen LogP contribution in [0.15, 0.2) is 71.5 Å². The molecule has 0 atom stereocenters. The molecule has 12 heteroatoms. The lowest BCUT2D eigenvalue weighted by Crippen LogP contribution is -2.21. The van der Waals surface area contributed by atoms with Crippen LogP contribution in [0.25, 0.3) is 11.3 Å². The van der Waals surface area contributed by atoms with Gasteiger partial charge in [-0.2, -0.15) is 10.2 Å². The van der Waals surface area contributed by atoms with Crippen molar-refractivity contribution in [1.82, 2.24) is 20.2 Å². The Bertz CT molecular complexity index is 1450. The first-order valence-corrected chi connectivity index (χ1v) is 11.1. The highest BCUT2D eigenvalue weighted by Gasteiger charge is 2.14. The number of hydrogen-bond acceptors (Lipinski definition) is 9. The van der Waals surface area contributed by atoms with Crippen molar-refractivity contribution >= 4 is 40.5 Å². The van der Waals surface area contributed by atoms with Crippen LogP contribution in [0.1, 0.15) is 5.56 Å². The van der Waals surface area contributed by atoms with Crippen LogP contribution < -0.4 is 26.2 Å². The van der Waals surface area contributed by atoms with Gasteiger partial charge < -0.3 is 25.8 Å². The number of nitrogens with zero attached hydrogens (tertiary/aromatic N) is 4.